The maximum absolute atomic E-state index is 11.4. The van der Waals surface area contributed by atoms with Crippen LogP contribution < -0.4 is 11.1 Å². The second-order valence-electron chi connectivity index (χ2n) is 3.22. The molecular formula is C8H17N3O. The van der Waals surface area contributed by atoms with E-state index in [1.807, 2.05) is 4.90 Å². The highest BCUT2D eigenvalue weighted by molar-refractivity contribution is 5.81. The molecule has 12 heavy (non-hydrogen) atoms. The first-order chi connectivity index (χ1) is 5.72. The van der Waals surface area contributed by atoms with Gasteiger partial charge in [-0.2, -0.15) is 0 Å². The molecule has 0 aromatic carbocycles. The van der Waals surface area contributed by atoms with E-state index in [-0.39, 0.29) is 11.9 Å². The first kappa shape index (κ1) is 9.48. The van der Waals surface area contributed by atoms with Gasteiger partial charge in [-0.15, -0.1) is 0 Å². The Morgan fingerprint density at radius 1 is 1.50 bits per heavy atom. The molecule has 1 atom stereocenters. The summed E-state index contributed by atoms with van der Waals surface area (Å²) in [5.41, 5.74) is 5.51. The van der Waals surface area contributed by atoms with Crippen LogP contribution in [0.4, 0.5) is 0 Å². The van der Waals surface area contributed by atoms with Crippen LogP contribution in [0.2, 0.25) is 0 Å². The van der Waals surface area contributed by atoms with Gasteiger partial charge in [-0.3, -0.25) is 4.79 Å². The van der Waals surface area contributed by atoms with Crippen molar-refractivity contribution in [2.75, 3.05) is 26.2 Å². The van der Waals surface area contributed by atoms with Crippen LogP contribution in [0.15, 0.2) is 0 Å². The SMILES string of the molecule is C[C@H](N)C(=O)N1CCCNCC1. The van der Waals surface area contributed by atoms with E-state index in [0.717, 1.165) is 32.6 Å². The Bertz CT molecular complexity index is 150. The van der Waals surface area contributed by atoms with Gasteiger partial charge in [-0.1, -0.05) is 0 Å². The van der Waals surface area contributed by atoms with Gasteiger partial charge < -0.3 is 16.0 Å². The van der Waals surface area contributed by atoms with Crippen LogP contribution in [-0.2, 0) is 4.79 Å². The summed E-state index contributed by atoms with van der Waals surface area (Å²) in [6.07, 6.45) is 1.03. The van der Waals surface area contributed by atoms with Crippen molar-refractivity contribution in [3.05, 3.63) is 0 Å². The fourth-order valence-corrected chi connectivity index (χ4v) is 1.35. The lowest BCUT2D eigenvalue weighted by molar-refractivity contribution is -0.131. The number of carbonyl (C=O) groups excluding carboxylic acids is 1. The average molecular weight is 171 g/mol. The molecule has 70 valence electrons. The van der Waals surface area contributed by atoms with E-state index in [1.54, 1.807) is 6.92 Å². The lowest BCUT2D eigenvalue weighted by Gasteiger charge is -2.21. The van der Waals surface area contributed by atoms with Crippen LogP contribution in [0.25, 0.3) is 0 Å². The molecule has 4 nitrogen and oxygen atoms in total. The van der Waals surface area contributed by atoms with Gasteiger partial charge in [0.15, 0.2) is 0 Å². The normalized spacial score (nSPS) is 21.7. The summed E-state index contributed by atoms with van der Waals surface area (Å²) in [5, 5.41) is 3.24. The zero-order valence-corrected chi connectivity index (χ0v) is 7.55. The van der Waals surface area contributed by atoms with E-state index in [0.29, 0.717) is 0 Å². The standard InChI is InChI=1S/C8H17N3O/c1-7(9)8(12)11-5-2-3-10-4-6-11/h7,10H,2-6,9H2,1H3/t7-/m0/s1. The maximum Gasteiger partial charge on any atom is 0.239 e. The number of nitrogens with zero attached hydrogens (tertiary/aromatic N) is 1. The summed E-state index contributed by atoms with van der Waals surface area (Å²) in [6, 6.07) is -0.358. The molecule has 1 aliphatic heterocycles. The van der Waals surface area contributed by atoms with Gasteiger partial charge in [0.1, 0.15) is 0 Å². The highest BCUT2D eigenvalue weighted by atomic mass is 16.2. The Balaban J connectivity index is 2.43. The first-order valence-electron chi connectivity index (χ1n) is 4.47. The van der Waals surface area contributed by atoms with Crippen molar-refractivity contribution < 1.29 is 4.79 Å². The van der Waals surface area contributed by atoms with Gasteiger partial charge in [0.05, 0.1) is 6.04 Å². The van der Waals surface area contributed by atoms with E-state index >= 15 is 0 Å². The van der Waals surface area contributed by atoms with Gasteiger partial charge in [0.2, 0.25) is 5.91 Å². The third kappa shape index (κ3) is 2.46. The summed E-state index contributed by atoms with van der Waals surface area (Å²) in [5.74, 6) is 0.0682. The molecule has 0 radical (unpaired) electrons. The summed E-state index contributed by atoms with van der Waals surface area (Å²) < 4.78 is 0. The number of rotatable bonds is 1. The van der Waals surface area contributed by atoms with E-state index < -0.39 is 0 Å². The quantitative estimate of drug-likeness (QED) is 0.540. The van der Waals surface area contributed by atoms with E-state index in [1.165, 1.54) is 0 Å². The van der Waals surface area contributed by atoms with Crippen LogP contribution in [0, 0.1) is 0 Å². The van der Waals surface area contributed by atoms with Gasteiger partial charge in [0.25, 0.3) is 0 Å². The fourth-order valence-electron chi connectivity index (χ4n) is 1.35. The maximum atomic E-state index is 11.4. The predicted molar refractivity (Wildman–Crippen MR) is 47.7 cm³/mol. The smallest absolute Gasteiger partial charge is 0.239 e. The molecule has 0 aliphatic carbocycles. The number of nitrogens with two attached hydrogens (primary N) is 1. The minimum absolute atomic E-state index is 0.0682. The zero-order chi connectivity index (χ0) is 8.97. The number of carbonyl (C=O) groups is 1. The highest BCUT2D eigenvalue weighted by Crippen LogP contribution is 1.97. The zero-order valence-electron chi connectivity index (χ0n) is 7.55. The van der Waals surface area contributed by atoms with Crippen LogP contribution in [0.1, 0.15) is 13.3 Å². The number of hydrogen-bond donors (Lipinski definition) is 2. The van der Waals surface area contributed by atoms with Gasteiger partial charge >= 0.3 is 0 Å². The van der Waals surface area contributed by atoms with Crippen molar-refractivity contribution in [1.29, 1.82) is 0 Å². The lowest BCUT2D eigenvalue weighted by atomic mass is 10.3. The number of amides is 1. The molecule has 0 aromatic rings. The molecular weight excluding hydrogens is 154 g/mol. The molecule has 0 saturated carbocycles. The van der Waals surface area contributed by atoms with Gasteiger partial charge in [-0.25, -0.2) is 0 Å². The third-order valence-electron chi connectivity index (χ3n) is 2.04. The summed E-state index contributed by atoms with van der Waals surface area (Å²) in [6.45, 7) is 5.26. The topological polar surface area (TPSA) is 58.4 Å². The molecule has 0 aromatic heterocycles. The molecule has 4 heteroatoms. The van der Waals surface area contributed by atoms with Gasteiger partial charge in [-0.05, 0) is 19.9 Å². The van der Waals surface area contributed by atoms with Crippen molar-refractivity contribution in [2.45, 2.75) is 19.4 Å². The molecule has 3 N–H and O–H groups in total. The lowest BCUT2D eigenvalue weighted by Crippen LogP contribution is -2.43. The Morgan fingerprint density at radius 3 is 2.92 bits per heavy atom. The Labute approximate surface area is 73.1 Å². The van der Waals surface area contributed by atoms with Crippen molar-refractivity contribution in [2.24, 2.45) is 5.73 Å². The van der Waals surface area contributed by atoms with Crippen LogP contribution >= 0.6 is 0 Å². The second kappa shape index (κ2) is 4.42. The van der Waals surface area contributed by atoms with Crippen LogP contribution in [-0.4, -0.2) is 43.0 Å². The van der Waals surface area contributed by atoms with Crippen molar-refractivity contribution in [3.63, 3.8) is 0 Å². The summed E-state index contributed by atoms with van der Waals surface area (Å²) >= 11 is 0. The van der Waals surface area contributed by atoms with Crippen molar-refractivity contribution >= 4 is 5.91 Å². The third-order valence-corrected chi connectivity index (χ3v) is 2.04. The molecule has 1 fully saturated rings. The van der Waals surface area contributed by atoms with E-state index in [9.17, 15) is 4.79 Å². The van der Waals surface area contributed by atoms with Crippen LogP contribution in [0.3, 0.4) is 0 Å². The number of hydrogen-bond acceptors (Lipinski definition) is 3. The van der Waals surface area contributed by atoms with E-state index in [4.69, 9.17) is 5.73 Å². The highest BCUT2D eigenvalue weighted by Gasteiger charge is 2.17. The molecule has 1 amide bonds. The Hall–Kier alpha value is -0.610. The van der Waals surface area contributed by atoms with Crippen molar-refractivity contribution in [3.8, 4) is 0 Å². The Kier molecular flexibility index (Phi) is 3.49. The number of nitrogens with one attached hydrogen (secondary N) is 1. The summed E-state index contributed by atoms with van der Waals surface area (Å²) in [4.78, 5) is 13.3. The summed E-state index contributed by atoms with van der Waals surface area (Å²) in [7, 11) is 0. The predicted octanol–water partition coefficient (Wildman–Crippen LogP) is -0.844. The largest absolute Gasteiger partial charge is 0.340 e. The molecule has 0 bridgehead atoms. The first-order valence-corrected chi connectivity index (χ1v) is 4.47. The Morgan fingerprint density at radius 2 is 2.25 bits per heavy atom. The molecule has 1 rings (SSSR count). The second-order valence-corrected chi connectivity index (χ2v) is 3.22. The average Bonchev–Trinajstić information content (AvgIpc) is 2.30. The minimum Gasteiger partial charge on any atom is -0.340 e. The molecule has 1 heterocycles. The monoisotopic (exact) mass is 171 g/mol. The molecule has 1 aliphatic rings. The van der Waals surface area contributed by atoms with Crippen molar-refractivity contribution in [1.82, 2.24) is 10.2 Å². The molecule has 1 saturated heterocycles. The minimum atomic E-state index is -0.358. The fraction of sp³-hybridized carbons (Fsp3) is 0.875. The van der Waals surface area contributed by atoms with Gasteiger partial charge in [0, 0.05) is 19.6 Å². The van der Waals surface area contributed by atoms with E-state index in [2.05, 4.69) is 5.32 Å². The molecule has 0 unspecified atom stereocenters. The van der Waals surface area contributed by atoms with Crippen LogP contribution in [0.5, 0.6) is 0 Å². The molecule has 0 spiro atoms.